The fourth-order valence-corrected chi connectivity index (χ4v) is 4.23. The second kappa shape index (κ2) is 10.3. The number of carbonyl (C=O) groups is 3. The Kier molecular flexibility index (Phi) is 7.16. The smallest absolute Gasteiger partial charge is 0.280 e. The molecule has 9 nitrogen and oxygen atoms in total. The molecule has 10 heteroatoms. The first-order valence-electron chi connectivity index (χ1n) is 11.4. The highest BCUT2D eigenvalue weighted by molar-refractivity contribution is 6.30. The predicted molar refractivity (Wildman–Crippen MR) is 132 cm³/mol. The molecule has 2 aromatic carbocycles. The number of amides is 3. The third-order valence-electron chi connectivity index (χ3n) is 5.98. The Morgan fingerprint density at radius 2 is 1.69 bits per heavy atom. The molecule has 1 atom stereocenters. The lowest BCUT2D eigenvalue weighted by molar-refractivity contribution is -0.135. The monoisotopic (exact) mass is 495 g/mol. The summed E-state index contributed by atoms with van der Waals surface area (Å²) < 4.78 is 0. The van der Waals surface area contributed by atoms with Crippen LogP contribution in [0.3, 0.4) is 0 Å². The van der Waals surface area contributed by atoms with Gasteiger partial charge in [0.15, 0.2) is 5.69 Å². The van der Waals surface area contributed by atoms with Crippen molar-refractivity contribution in [3.8, 4) is 0 Å². The van der Waals surface area contributed by atoms with Gasteiger partial charge in [-0.15, -0.1) is 0 Å². The van der Waals surface area contributed by atoms with Crippen molar-refractivity contribution in [2.75, 3.05) is 26.2 Å². The molecule has 1 aromatic heterocycles. The maximum Gasteiger partial charge on any atom is 0.280 e. The van der Waals surface area contributed by atoms with E-state index in [0.29, 0.717) is 47.8 Å². The van der Waals surface area contributed by atoms with Gasteiger partial charge in [-0.25, -0.2) is 4.98 Å². The van der Waals surface area contributed by atoms with Crippen LogP contribution < -0.4 is 10.9 Å². The summed E-state index contributed by atoms with van der Waals surface area (Å²) in [5, 5.41) is 3.18. The topological polar surface area (TPSA) is 115 Å². The van der Waals surface area contributed by atoms with E-state index in [2.05, 4.69) is 15.3 Å². The number of hydrogen-bond donors (Lipinski definition) is 2. The Hall–Kier alpha value is -3.72. The summed E-state index contributed by atoms with van der Waals surface area (Å²) in [5.74, 6) is -1.34. The predicted octanol–water partition coefficient (Wildman–Crippen LogP) is 2.32. The molecule has 1 saturated heterocycles. The number of aromatic amines is 1. The van der Waals surface area contributed by atoms with E-state index in [9.17, 15) is 19.2 Å². The van der Waals surface area contributed by atoms with Gasteiger partial charge in [-0.2, -0.15) is 0 Å². The molecule has 1 aliphatic heterocycles. The third kappa shape index (κ3) is 5.35. The lowest BCUT2D eigenvalue weighted by Crippen LogP contribution is -2.57. The van der Waals surface area contributed by atoms with Gasteiger partial charge < -0.3 is 20.1 Å². The van der Waals surface area contributed by atoms with Gasteiger partial charge in [-0.3, -0.25) is 19.2 Å². The van der Waals surface area contributed by atoms with Gasteiger partial charge in [0.25, 0.3) is 17.4 Å². The van der Waals surface area contributed by atoms with Crippen LogP contribution in [0.1, 0.15) is 34.7 Å². The lowest BCUT2D eigenvalue weighted by Gasteiger charge is -2.37. The zero-order valence-electron chi connectivity index (χ0n) is 19.5. The second-order valence-corrected chi connectivity index (χ2v) is 9.19. The van der Waals surface area contributed by atoms with Gasteiger partial charge >= 0.3 is 0 Å². The van der Waals surface area contributed by atoms with Crippen molar-refractivity contribution in [2.45, 2.75) is 19.9 Å². The molecule has 1 fully saturated rings. The summed E-state index contributed by atoms with van der Waals surface area (Å²) in [4.78, 5) is 61.5. The number of fused-ring (bicyclic) bond motifs is 1. The molecule has 4 rings (SSSR count). The Morgan fingerprint density at radius 1 is 1.00 bits per heavy atom. The van der Waals surface area contributed by atoms with Gasteiger partial charge in [-0.1, -0.05) is 43.6 Å². The van der Waals surface area contributed by atoms with Crippen LogP contribution in [-0.2, 0) is 4.79 Å². The molecule has 0 unspecified atom stereocenters. The molecule has 2 heterocycles. The highest BCUT2D eigenvalue weighted by Crippen LogP contribution is 2.16. The first-order valence-corrected chi connectivity index (χ1v) is 11.8. The minimum atomic E-state index is -0.842. The first kappa shape index (κ1) is 24.4. The Bertz CT molecular complexity index is 1330. The fraction of sp³-hybridized carbons (Fsp3) is 0.320. The highest BCUT2D eigenvalue weighted by Gasteiger charge is 2.32. The van der Waals surface area contributed by atoms with Crippen molar-refractivity contribution in [2.24, 2.45) is 5.92 Å². The Labute approximate surface area is 207 Å². The maximum absolute atomic E-state index is 13.3. The Balaban J connectivity index is 1.43. The zero-order chi connectivity index (χ0) is 25.1. The Morgan fingerprint density at radius 3 is 2.37 bits per heavy atom. The van der Waals surface area contributed by atoms with E-state index < -0.39 is 17.5 Å². The second-order valence-electron chi connectivity index (χ2n) is 8.75. The average molecular weight is 496 g/mol. The number of rotatable bonds is 5. The van der Waals surface area contributed by atoms with Gasteiger partial charge in [0.05, 0.1) is 11.0 Å². The molecule has 1 aliphatic rings. The summed E-state index contributed by atoms with van der Waals surface area (Å²) in [7, 11) is 0. The van der Waals surface area contributed by atoms with Crippen LogP contribution in [0.25, 0.3) is 11.0 Å². The van der Waals surface area contributed by atoms with E-state index in [1.54, 1.807) is 58.3 Å². The fourth-order valence-electron chi connectivity index (χ4n) is 4.04. The number of para-hydroxylation sites is 2. The van der Waals surface area contributed by atoms with Crippen LogP contribution in [0.2, 0.25) is 5.02 Å². The molecule has 0 saturated carbocycles. The highest BCUT2D eigenvalue weighted by atomic mass is 35.5. The molecule has 35 heavy (non-hydrogen) atoms. The molecule has 0 bridgehead atoms. The van der Waals surface area contributed by atoms with Gasteiger partial charge in [-0.05, 0) is 36.2 Å². The summed E-state index contributed by atoms with van der Waals surface area (Å²) in [5.41, 5.74) is 0.585. The third-order valence-corrected chi connectivity index (χ3v) is 6.22. The van der Waals surface area contributed by atoms with E-state index in [1.807, 2.05) is 13.8 Å². The molecule has 0 radical (unpaired) electrons. The van der Waals surface area contributed by atoms with E-state index >= 15 is 0 Å². The quantitative estimate of drug-likeness (QED) is 0.563. The molecule has 3 amide bonds. The number of halogens is 1. The van der Waals surface area contributed by atoms with E-state index in [0.717, 1.165) is 0 Å². The normalized spacial score (nSPS) is 14.7. The van der Waals surface area contributed by atoms with E-state index in [4.69, 9.17) is 11.6 Å². The van der Waals surface area contributed by atoms with Crippen LogP contribution in [-0.4, -0.2) is 69.7 Å². The number of nitrogens with one attached hydrogen (secondary N) is 2. The van der Waals surface area contributed by atoms with Gasteiger partial charge in [0, 0.05) is 36.8 Å². The molecule has 0 spiro atoms. The van der Waals surface area contributed by atoms with Crippen LogP contribution in [0, 0.1) is 5.92 Å². The molecule has 2 N–H and O–H groups in total. The summed E-state index contributed by atoms with van der Waals surface area (Å²) in [6.07, 6.45) is 0. The van der Waals surface area contributed by atoms with Crippen LogP contribution in [0.15, 0.2) is 53.3 Å². The lowest BCUT2D eigenvalue weighted by atomic mass is 10.0. The first-order chi connectivity index (χ1) is 16.7. The van der Waals surface area contributed by atoms with E-state index in [1.165, 1.54) is 0 Å². The average Bonchev–Trinajstić information content (AvgIpc) is 2.85. The van der Waals surface area contributed by atoms with Crippen molar-refractivity contribution >= 4 is 40.4 Å². The molecule has 182 valence electrons. The molecular formula is C25H26ClN5O4. The number of hydrogen-bond acceptors (Lipinski definition) is 5. The number of H-pyrrole nitrogens is 1. The van der Waals surface area contributed by atoms with Crippen molar-refractivity contribution in [1.82, 2.24) is 25.1 Å². The van der Waals surface area contributed by atoms with Gasteiger partial charge in [0.2, 0.25) is 5.91 Å². The minimum Gasteiger partial charge on any atom is -0.338 e. The summed E-state index contributed by atoms with van der Waals surface area (Å²) in [6.45, 7) is 5.03. The number of aromatic nitrogens is 2. The minimum absolute atomic E-state index is 0.144. The van der Waals surface area contributed by atoms with Crippen LogP contribution >= 0.6 is 11.6 Å². The zero-order valence-corrected chi connectivity index (χ0v) is 20.2. The number of benzene rings is 2. The molecule has 0 aliphatic carbocycles. The number of piperazine rings is 1. The van der Waals surface area contributed by atoms with Crippen molar-refractivity contribution in [1.29, 1.82) is 0 Å². The van der Waals surface area contributed by atoms with Gasteiger partial charge in [0.1, 0.15) is 6.04 Å². The van der Waals surface area contributed by atoms with Crippen molar-refractivity contribution in [3.63, 3.8) is 0 Å². The SMILES string of the molecule is CC(C)[C@H](NC(=O)c1nc2ccccc2[nH]c1=O)C(=O)N1CCN(C(=O)c2cccc(Cl)c2)CC1. The van der Waals surface area contributed by atoms with E-state index in [-0.39, 0.29) is 23.4 Å². The maximum atomic E-state index is 13.3. The van der Waals surface area contributed by atoms with Crippen molar-refractivity contribution < 1.29 is 14.4 Å². The number of carbonyl (C=O) groups excluding carboxylic acids is 3. The summed E-state index contributed by atoms with van der Waals surface area (Å²) >= 11 is 6.00. The molecule has 3 aromatic rings. The number of nitrogens with zero attached hydrogens (tertiary/aromatic N) is 3. The summed E-state index contributed by atoms with van der Waals surface area (Å²) in [6, 6.07) is 12.8. The van der Waals surface area contributed by atoms with Crippen molar-refractivity contribution in [3.05, 3.63) is 75.2 Å². The molecular weight excluding hydrogens is 470 g/mol. The van der Waals surface area contributed by atoms with Crippen LogP contribution in [0.4, 0.5) is 0 Å². The van der Waals surface area contributed by atoms with Crippen LogP contribution in [0.5, 0.6) is 0 Å². The largest absolute Gasteiger partial charge is 0.338 e. The standard InChI is InChI=1S/C25H26ClN5O4/c1-15(2)20(29-23(33)21-22(32)28-19-9-4-3-8-18(19)27-21)25(35)31-12-10-30(11-13-31)24(34)16-6-5-7-17(26)14-16/h3-9,14-15,20H,10-13H2,1-2H3,(H,28,32)(H,29,33)/t20-/m0/s1.